The van der Waals surface area contributed by atoms with Crippen LogP contribution in [0.4, 0.5) is 0 Å². The molecular formula is C9H15N3S. The molecule has 0 aliphatic carbocycles. The van der Waals surface area contributed by atoms with Crippen molar-refractivity contribution in [2.24, 2.45) is 5.73 Å². The zero-order chi connectivity index (χ0) is 9.10. The second-order valence-electron chi connectivity index (χ2n) is 3.42. The monoisotopic (exact) mass is 197 g/mol. The minimum absolute atomic E-state index is 0.566. The predicted molar refractivity (Wildman–Crippen MR) is 54.5 cm³/mol. The minimum atomic E-state index is 0.566. The van der Waals surface area contributed by atoms with E-state index in [4.69, 9.17) is 5.73 Å². The van der Waals surface area contributed by atoms with E-state index in [2.05, 4.69) is 15.3 Å². The zero-order valence-electron chi connectivity index (χ0n) is 7.70. The molecule has 0 aromatic carbocycles. The van der Waals surface area contributed by atoms with Crippen LogP contribution < -0.4 is 5.73 Å². The Balaban J connectivity index is 1.92. The lowest BCUT2D eigenvalue weighted by Crippen LogP contribution is -2.18. The molecule has 2 heterocycles. The van der Waals surface area contributed by atoms with E-state index in [0.717, 1.165) is 12.2 Å². The summed E-state index contributed by atoms with van der Waals surface area (Å²) in [4.78, 5) is 6.90. The highest BCUT2D eigenvalue weighted by Gasteiger charge is 2.13. The van der Waals surface area contributed by atoms with Crippen molar-refractivity contribution in [3.63, 3.8) is 0 Å². The summed E-state index contributed by atoms with van der Waals surface area (Å²) in [5.41, 5.74) is 6.53. The molecule has 0 radical (unpaired) electrons. The molecule has 72 valence electrons. The molecule has 2 rings (SSSR count). The third-order valence-corrected chi connectivity index (χ3v) is 3.25. The van der Waals surface area contributed by atoms with E-state index < -0.39 is 0 Å². The first-order chi connectivity index (χ1) is 6.38. The van der Waals surface area contributed by atoms with Gasteiger partial charge in [-0.1, -0.05) is 0 Å². The summed E-state index contributed by atoms with van der Waals surface area (Å²) < 4.78 is 0. The fourth-order valence-corrected chi connectivity index (χ4v) is 2.50. The molecule has 0 amide bonds. The molecule has 0 spiro atoms. The summed E-state index contributed by atoms with van der Waals surface area (Å²) in [6.45, 7) is 4.05. The van der Waals surface area contributed by atoms with Crippen LogP contribution >= 0.6 is 11.3 Å². The molecule has 1 aliphatic heterocycles. The zero-order valence-corrected chi connectivity index (χ0v) is 8.52. The maximum absolute atomic E-state index is 5.50. The normalized spacial score (nSPS) is 18.2. The standard InChI is InChI=1S/C9H15N3S/c10-5-8-7-13-9(11-8)6-12-3-1-2-4-12/h7H,1-6,10H2. The van der Waals surface area contributed by atoms with Crippen molar-refractivity contribution >= 4 is 11.3 Å². The average molecular weight is 197 g/mol. The van der Waals surface area contributed by atoms with Gasteiger partial charge in [-0.05, 0) is 25.9 Å². The lowest BCUT2D eigenvalue weighted by molar-refractivity contribution is 0.330. The Morgan fingerprint density at radius 1 is 1.46 bits per heavy atom. The van der Waals surface area contributed by atoms with Gasteiger partial charge in [-0.25, -0.2) is 4.98 Å². The molecular weight excluding hydrogens is 182 g/mol. The molecule has 0 bridgehead atoms. The highest BCUT2D eigenvalue weighted by molar-refractivity contribution is 7.09. The molecule has 1 aromatic heterocycles. The van der Waals surface area contributed by atoms with Crippen molar-refractivity contribution in [2.75, 3.05) is 13.1 Å². The van der Waals surface area contributed by atoms with Gasteiger partial charge in [0, 0.05) is 11.9 Å². The van der Waals surface area contributed by atoms with Gasteiger partial charge in [-0.15, -0.1) is 11.3 Å². The van der Waals surface area contributed by atoms with Crippen LogP contribution in [0, 0.1) is 0 Å². The first-order valence-electron chi connectivity index (χ1n) is 4.74. The maximum Gasteiger partial charge on any atom is 0.107 e. The highest BCUT2D eigenvalue weighted by Crippen LogP contribution is 2.15. The number of thiazole rings is 1. The predicted octanol–water partition coefficient (Wildman–Crippen LogP) is 1.20. The summed E-state index contributed by atoms with van der Waals surface area (Å²) >= 11 is 1.73. The molecule has 1 aromatic rings. The Hall–Kier alpha value is -0.450. The molecule has 13 heavy (non-hydrogen) atoms. The van der Waals surface area contributed by atoms with Gasteiger partial charge >= 0.3 is 0 Å². The number of rotatable bonds is 3. The fraction of sp³-hybridized carbons (Fsp3) is 0.667. The number of likely N-dealkylation sites (tertiary alicyclic amines) is 1. The van der Waals surface area contributed by atoms with Crippen molar-refractivity contribution in [1.29, 1.82) is 0 Å². The number of nitrogens with two attached hydrogens (primary N) is 1. The highest BCUT2D eigenvalue weighted by atomic mass is 32.1. The molecule has 0 atom stereocenters. The summed E-state index contributed by atoms with van der Waals surface area (Å²) in [5, 5.41) is 3.27. The first kappa shape index (κ1) is 9.12. The Bertz CT molecular complexity index is 266. The third-order valence-electron chi connectivity index (χ3n) is 2.37. The average Bonchev–Trinajstić information content (AvgIpc) is 2.76. The van der Waals surface area contributed by atoms with Crippen LogP contribution in [-0.4, -0.2) is 23.0 Å². The molecule has 1 fully saturated rings. The quantitative estimate of drug-likeness (QED) is 0.791. The van der Waals surface area contributed by atoms with E-state index in [9.17, 15) is 0 Å². The molecule has 3 nitrogen and oxygen atoms in total. The Morgan fingerprint density at radius 3 is 2.85 bits per heavy atom. The Morgan fingerprint density at radius 2 is 2.23 bits per heavy atom. The van der Waals surface area contributed by atoms with Gasteiger partial charge in [0.2, 0.25) is 0 Å². The summed E-state index contributed by atoms with van der Waals surface area (Å²) in [7, 11) is 0. The second-order valence-corrected chi connectivity index (χ2v) is 4.36. The molecule has 1 aliphatic rings. The van der Waals surface area contributed by atoms with Crippen molar-refractivity contribution in [1.82, 2.24) is 9.88 Å². The van der Waals surface area contributed by atoms with E-state index >= 15 is 0 Å². The van der Waals surface area contributed by atoms with Gasteiger partial charge in [0.15, 0.2) is 0 Å². The smallest absolute Gasteiger partial charge is 0.107 e. The largest absolute Gasteiger partial charge is 0.325 e. The van der Waals surface area contributed by atoms with Crippen LogP contribution in [0.25, 0.3) is 0 Å². The number of nitrogens with zero attached hydrogens (tertiary/aromatic N) is 2. The van der Waals surface area contributed by atoms with Crippen molar-refractivity contribution in [3.8, 4) is 0 Å². The van der Waals surface area contributed by atoms with E-state index in [-0.39, 0.29) is 0 Å². The molecule has 0 unspecified atom stereocenters. The number of hydrogen-bond acceptors (Lipinski definition) is 4. The molecule has 1 saturated heterocycles. The van der Waals surface area contributed by atoms with Crippen molar-refractivity contribution in [2.45, 2.75) is 25.9 Å². The number of aromatic nitrogens is 1. The van der Waals surface area contributed by atoms with Crippen molar-refractivity contribution < 1.29 is 0 Å². The van der Waals surface area contributed by atoms with Gasteiger partial charge < -0.3 is 5.73 Å². The van der Waals surface area contributed by atoms with Crippen LogP contribution in [0.3, 0.4) is 0 Å². The SMILES string of the molecule is NCc1csc(CN2CCCC2)n1. The van der Waals surface area contributed by atoms with E-state index in [1.807, 2.05) is 0 Å². The molecule has 4 heteroatoms. The lowest BCUT2D eigenvalue weighted by Gasteiger charge is -2.11. The molecule has 2 N–H and O–H groups in total. The minimum Gasteiger partial charge on any atom is -0.325 e. The Labute approximate surface area is 82.6 Å². The van der Waals surface area contributed by atoms with Gasteiger partial charge in [0.1, 0.15) is 5.01 Å². The van der Waals surface area contributed by atoms with Gasteiger partial charge in [-0.3, -0.25) is 4.90 Å². The fourth-order valence-electron chi connectivity index (χ4n) is 1.65. The summed E-state index contributed by atoms with van der Waals surface area (Å²) in [6, 6.07) is 0. The summed E-state index contributed by atoms with van der Waals surface area (Å²) in [5.74, 6) is 0. The van der Waals surface area contributed by atoms with Crippen LogP contribution in [0.15, 0.2) is 5.38 Å². The van der Waals surface area contributed by atoms with E-state index in [1.165, 1.54) is 30.9 Å². The van der Waals surface area contributed by atoms with Gasteiger partial charge in [0.25, 0.3) is 0 Å². The van der Waals surface area contributed by atoms with Crippen molar-refractivity contribution in [3.05, 3.63) is 16.1 Å². The molecule has 0 saturated carbocycles. The first-order valence-corrected chi connectivity index (χ1v) is 5.62. The van der Waals surface area contributed by atoms with Crippen LogP contribution in [-0.2, 0) is 13.1 Å². The van der Waals surface area contributed by atoms with Gasteiger partial charge in [-0.2, -0.15) is 0 Å². The number of hydrogen-bond donors (Lipinski definition) is 1. The maximum atomic E-state index is 5.50. The summed E-state index contributed by atoms with van der Waals surface area (Å²) in [6.07, 6.45) is 2.68. The van der Waals surface area contributed by atoms with E-state index in [1.54, 1.807) is 11.3 Å². The van der Waals surface area contributed by atoms with E-state index in [0.29, 0.717) is 6.54 Å². The second kappa shape index (κ2) is 4.17. The van der Waals surface area contributed by atoms with Crippen LogP contribution in [0.1, 0.15) is 23.5 Å². The lowest BCUT2D eigenvalue weighted by atomic mass is 10.4. The van der Waals surface area contributed by atoms with Gasteiger partial charge in [0.05, 0.1) is 12.2 Å². The van der Waals surface area contributed by atoms with Crippen LogP contribution in [0.2, 0.25) is 0 Å². The Kier molecular flexibility index (Phi) is 2.93. The topological polar surface area (TPSA) is 42.1 Å². The van der Waals surface area contributed by atoms with Crippen LogP contribution in [0.5, 0.6) is 0 Å². The third kappa shape index (κ3) is 2.27.